The summed E-state index contributed by atoms with van der Waals surface area (Å²) in [5.41, 5.74) is -2.93. The number of rotatable bonds is 2. The average Bonchev–Trinajstić information content (AvgIpc) is 3.14. The van der Waals surface area contributed by atoms with Gasteiger partial charge in [0.2, 0.25) is 0 Å². The molecule has 19 heavy (non-hydrogen) atoms. The predicted octanol–water partition coefficient (Wildman–Crippen LogP) is 3.68. The van der Waals surface area contributed by atoms with Crippen LogP contribution in [0.25, 0.3) is 0 Å². The first-order chi connectivity index (χ1) is 8.73. The molecule has 0 amide bonds. The lowest BCUT2D eigenvalue weighted by molar-refractivity contribution is -0.275. The molecule has 0 bridgehead atoms. The fourth-order valence-corrected chi connectivity index (χ4v) is 2.50. The molecule has 0 saturated heterocycles. The number of hydrogen-bond donors (Lipinski definition) is 1. The van der Waals surface area contributed by atoms with Crippen molar-refractivity contribution in [2.24, 2.45) is 5.92 Å². The van der Waals surface area contributed by atoms with Crippen LogP contribution in [-0.4, -0.2) is 11.3 Å². The van der Waals surface area contributed by atoms with Crippen LogP contribution in [0.4, 0.5) is 13.2 Å². The molecule has 0 aromatic heterocycles. The van der Waals surface area contributed by atoms with Crippen LogP contribution in [-0.2, 0) is 5.60 Å². The maximum absolute atomic E-state index is 13.2. The van der Waals surface area contributed by atoms with Gasteiger partial charge in [-0.25, -0.2) is 0 Å². The van der Waals surface area contributed by atoms with E-state index in [2.05, 4.69) is 0 Å². The number of hydrogen-bond acceptors (Lipinski definition) is 2. The summed E-state index contributed by atoms with van der Waals surface area (Å²) in [5.74, 6) is -0.838. The maximum atomic E-state index is 13.2. The average molecular weight is 290 g/mol. The molecule has 1 N–H and O–H groups in total. The number of nitrogens with zero attached hydrogens (tertiary/aromatic N) is 1. The molecule has 6 heteroatoms. The highest BCUT2D eigenvalue weighted by Gasteiger charge is 2.63. The Morgan fingerprint density at radius 1 is 1.37 bits per heavy atom. The summed E-state index contributed by atoms with van der Waals surface area (Å²) >= 11 is 5.88. The molecule has 1 aromatic carbocycles. The lowest BCUT2D eigenvalue weighted by Crippen LogP contribution is -2.45. The first kappa shape index (κ1) is 14.2. The van der Waals surface area contributed by atoms with Gasteiger partial charge < -0.3 is 5.11 Å². The van der Waals surface area contributed by atoms with Gasteiger partial charge in [-0.05, 0) is 37.0 Å². The Bertz CT molecular complexity index is 560. The van der Waals surface area contributed by atoms with E-state index in [-0.39, 0.29) is 21.7 Å². The Balaban J connectivity index is 2.63. The van der Waals surface area contributed by atoms with E-state index in [1.165, 1.54) is 13.0 Å². The largest absolute Gasteiger partial charge is 0.421 e. The van der Waals surface area contributed by atoms with Crippen LogP contribution in [0, 0.1) is 24.2 Å². The maximum Gasteiger partial charge on any atom is 0.421 e. The molecular weight excluding hydrogens is 279 g/mol. The smallest absolute Gasteiger partial charge is 0.376 e. The van der Waals surface area contributed by atoms with Gasteiger partial charge in [0, 0.05) is 5.92 Å². The van der Waals surface area contributed by atoms with Gasteiger partial charge in [0.1, 0.15) is 6.07 Å². The third-order valence-corrected chi connectivity index (χ3v) is 4.00. The number of benzene rings is 1. The van der Waals surface area contributed by atoms with Gasteiger partial charge >= 0.3 is 6.18 Å². The second kappa shape index (κ2) is 4.39. The van der Waals surface area contributed by atoms with E-state index in [1.54, 1.807) is 6.07 Å². The standard InChI is InChI=1S/C13H11ClF3NO/c1-7-10(5-2-8(6-18)11(7)14)12(19,9-3-4-9)13(15,16)17/h2,5,9,19H,3-4H2,1H3. The number of halogens is 4. The highest BCUT2D eigenvalue weighted by molar-refractivity contribution is 6.32. The number of nitriles is 1. The molecule has 0 aliphatic heterocycles. The van der Waals surface area contributed by atoms with Crippen molar-refractivity contribution >= 4 is 11.6 Å². The first-order valence-electron chi connectivity index (χ1n) is 5.72. The molecule has 2 nitrogen and oxygen atoms in total. The minimum atomic E-state index is -4.77. The van der Waals surface area contributed by atoms with Crippen molar-refractivity contribution in [2.45, 2.75) is 31.5 Å². The lowest BCUT2D eigenvalue weighted by atomic mass is 9.84. The fourth-order valence-electron chi connectivity index (χ4n) is 2.29. The van der Waals surface area contributed by atoms with Crippen LogP contribution in [0.3, 0.4) is 0 Å². The molecule has 0 heterocycles. The molecule has 2 rings (SSSR count). The van der Waals surface area contributed by atoms with E-state index >= 15 is 0 Å². The Morgan fingerprint density at radius 3 is 2.37 bits per heavy atom. The zero-order valence-corrected chi connectivity index (χ0v) is 10.8. The van der Waals surface area contributed by atoms with Crippen molar-refractivity contribution in [1.82, 2.24) is 0 Å². The topological polar surface area (TPSA) is 44.0 Å². The molecule has 1 atom stereocenters. The van der Waals surface area contributed by atoms with Crippen molar-refractivity contribution in [2.75, 3.05) is 0 Å². The minimum Gasteiger partial charge on any atom is -0.376 e. The van der Waals surface area contributed by atoms with Crippen LogP contribution in [0.2, 0.25) is 5.02 Å². The molecule has 1 fully saturated rings. The fraction of sp³-hybridized carbons (Fsp3) is 0.462. The van der Waals surface area contributed by atoms with E-state index in [0.29, 0.717) is 12.8 Å². The zero-order valence-electron chi connectivity index (χ0n) is 10.1. The van der Waals surface area contributed by atoms with Gasteiger partial charge in [0.25, 0.3) is 0 Å². The summed E-state index contributed by atoms with van der Waals surface area (Å²) in [5, 5.41) is 18.9. The van der Waals surface area contributed by atoms with Crippen LogP contribution < -0.4 is 0 Å². The molecule has 102 valence electrons. The highest BCUT2D eigenvalue weighted by atomic mass is 35.5. The summed E-state index contributed by atoms with van der Waals surface area (Å²) in [6, 6.07) is 4.16. The van der Waals surface area contributed by atoms with Crippen LogP contribution in [0.5, 0.6) is 0 Å². The van der Waals surface area contributed by atoms with E-state index in [4.69, 9.17) is 16.9 Å². The Labute approximate surface area is 113 Å². The second-order valence-corrected chi connectivity index (χ2v) is 5.13. The van der Waals surface area contributed by atoms with Crippen LogP contribution in [0.15, 0.2) is 12.1 Å². The molecular formula is C13H11ClF3NO. The molecule has 1 aliphatic carbocycles. The van der Waals surface area contributed by atoms with E-state index in [0.717, 1.165) is 6.07 Å². The van der Waals surface area contributed by atoms with Gasteiger partial charge in [-0.1, -0.05) is 17.7 Å². The van der Waals surface area contributed by atoms with E-state index in [1.807, 2.05) is 0 Å². The Hall–Kier alpha value is -1.25. The van der Waals surface area contributed by atoms with Gasteiger partial charge in [0.15, 0.2) is 5.60 Å². The van der Waals surface area contributed by atoms with Crippen molar-refractivity contribution in [3.05, 3.63) is 33.8 Å². The molecule has 0 radical (unpaired) electrons. The monoisotopic (exact) mass is 289 g/mol. The van der Waals surface area contributed by atoms with Crippen molar-refractivity contribution in [1.29, 1.82) is 5.26 Å². The summed E-state index contributed by atoms with van der Waals surface area (Å²) in [7, 11) is 0. The second-order valence-electron chi connectivity index (χ2n) is 4.75. The number of alkyl halides is 3. The number of aliphatic hydroxyl groups is 1. The highest BCUT2D eigenvalue weighted by Crippen LogP contribution is 2.55. The van der Waals surface area contributed by atoms with Gasteiger partial charge in [-0.2, -0.15) is 18.4 Å². The summed E-state index contributed by atoms with van der Waals surface area (Å²) < 4.78 is 39.7. The van der Waals surface area contributed by atoms with Crippen LogP contribution in [0.1, 0.15) is 29.5 Å². The van der Waals surface area contributed by atoms with Gasteiger partial charge in [-0.3, -0.25) is 0 Å². The predicted molar refractivity (Wildman–Crippen MR) is 63.6 cm³/mol. The molecule has 1 saturated carbocycles. The first-order valence-corrected chi connectivity index (χ1v) is 6.10. The Kier molecular flexibility index (Phi) is 3.28. The van der Waals surface area contributed by atoms with Crippen molar-refractivity contribution < 1.29 is 18.3 Å². The molecule has 1 unspecified atom stereocenters. The van der Waals surface area contributed by atoms with Crippen molar-refractivity contribution in [3.8, 4) is 6.07 Å². The summed E-state index contributed by atoms with van der Waals surface area (Å²) in [6.07, 6.45) is -4.11. The van der Waals surface area contributed by atoms with Crippen LogP contribution >= 0.6 is 11.6 Å². The zero-order chi connectivity index (χ0) is 14.4. The van der Waals surface area contributed by atoms with Gasteiger partial charge in [-0.15, -0.1) is 0 Å². The molecule has 1 aliphatic rings. The lowest BCUT2D eigenvalue weighted by Gasteiger charge is -2.32. The third kappa shape index (κ3) is 2.09. The summed E-state index contributed by atoms with van der Waals surface area (Å²) in [4.78, 5) is 0. The Morgan fingerprint density at radius 2 is 1.95 bits per heavy atom. The SMILES string of the molecule is Cc1c(C(O)(C2CC2)C(F)(F)F)ccc(C#N)c1Cl. The quantitative estimate of drug-likeness (QED) is 0.902. The van der Waals surface area contributed by atoms with E-state index in [9.17, 15) is 18.3 Å². The van der Waals surface area contributed by atoms with Crippen molar-refractivity contribution in [3.63, 3.8) is 0 Å². The third-order valence-electron chi connectivity index (χ3n) is 3.52. The van der Waals surface area contributed by atoms with Gasteiger partial charge in [0.05, 0.1) is 10.6 Å². The summed E-state index contributed by atoms with van der Waals surface area (Å²) in [6.45, 7) is 1.39. The van der Waals surface area contributed by atoms with E-state index < -0.39 is 17.7 Å². The molecule has 0 spiro atoms. The normalized spacial score (nSPS) is 18.8. The minimum absolute atomic E-state index is 0.0386. The molecule has 1 aromatic rings.